The highest BCUT2D eigenvalue weighted by Gasteiger charge is 2.28. The van der Waals surface area contributed by atoms with Crippen LogP contribution in [0.2, 0.25) is 0 Å². The fourth-order valence-corrected chi connectivity index (χ4v) is 15.9. The van der Waals surface area contributed by atoms with Crippen molar-refractivity contribution in [2.75, 3.05) is 65.7 Å². The van der Waals surface area contributed by atoms with Gasteiger partial charge in [-0.2, -0.15) is 12.9 Å². The third-order valence-corrected chi connectivity index (χ3v) is 23.4. The lowest BCUT2D eigenvalue weighted by Gasteiger charge is -2.22. The molecule has 4 rings (SSSR count). The predicted octanol–water partition coefficient (Wildman–Crippen LogP) is 20.9. The van der Waals surface area contributed by atoms with E-state index in [1.165, 1.54) is 193 Å². The Morgan fingerprint density at radius 1 is 0.255 bits per heavy atom. The SMILES string of the molecule is CCCCCCCCCCCCOc1ccc(S(=O)(=O)N2C/C=C/CN(S(=O)(=O)c3ccccc3)C/C=C/CN(S(=O)(=O)c3ccc(OCCCCCCCCCCCC)c(OCCCCCCCCCCCC)c3)C/C=C/C2)cc1OCCCCCCCCCCCC. The molecule has 0 aromatic heterocycles. The zero-order valence-corrected chi connectivity index (χ0v) is 61.8. The van der Waals surface area contributed by atoms with Crippen molar-refractivity contribution in [3.05, 3.63) is 103 Å². The monoisotopic (exact) mass is 1360 g/mol. The van der Waals surface area contributed by atoms with E-state index in [0.29, 0.717) is 49.4 Å². The summed E-state index contributed by atoms with van der Waals surface area (Å²) in [5.74, 6) is 1.77. The molecule has 534 valence electrons. The molecule has 94 heavy (non-hydrogen) atoms. The molecule has 0 bridgehead atoms. The van der Waals surface area contributed by atoms with Crippen LogP contribution in [-0.2, 0) is 30.1 Å². The maximum atomic E-state index is 15.0. The summed E-state index contributed by atoms with van der Waals surface area (Å²) in [5, 5.41) is 0. The molecule has 0 spiro atoms. The molecule has 0 atom stereocenters. The molecule has 0 fully saturated rings. The standard InChI is InChI=1S/C78H129N3O10S3/c1-5-9-13-17-21-25-29-33-37-50-66-88-75-58-56-73(70-77(75)90-68-52-39-35-31-27-23-19-15-11-7-3)93(84,85)80-62-46-44-60-79(92(82,83)72-54-42-41-43-55-72)61-45-47-63-81(65-49-48-64-80)94(86,87)74-57-59-76(89-67-51-38-34-30-26-22-18-14-10-6-2)78(71-74)91-69-53-40-36-32-28-24-20-16-12-8-4/h41-49,54-59,70-71H,5-40,50-53,60-69H2,1-4H3/b46-44+,47-45+,49-48+. The number of nitrogens with zero attached hydrogens (tertiary/aromatic N) is 3. The molecular weight excluding hydrogens is 1240 g/mol. The van der Waals surface area contributed by atoms with Crippen LogP contribution < -0.4 is 18.9 Å². The van der Waals surface area contributed by atoms with Crippen LogP contribution >= 0.6 is 0 Å². The second-order valence-electron chi connectivity index (χ2n) is 26.0. The molecule has 0 saturated heterocycles. The van der Waals surface area contributed by atoms with E-state index in [4.69, 9.17) is 18.9 Å². The summed E-state index contributed by atoms with van der Waals surface area (Å²) in [4.78, 5) is 0.164. The molecular formula is C78H129N3O10S3. The predicted molar refractivity (Wildman–Crippen MR) is 392 cm³/mol. The van der Waals surface area contributed by atoms with Gasteiger partial charge in [-0.25, -0.2) is 25.3 Å². The first kappa shape index (κ1) is 82.2. The lowest BCUT2D eigenvalue weighted by atomic mass is 10.1. The number of hydrogen-bond donors (Lipinski definition) is 0. The molecule has 13 nitrogen and oxygen atoms in total. The number of unbranched alkanes of at least 4 members (excludes halogenated alkanes) is 36. The van der Waals surface area contributed by atoms with Crippen LogP contribution in [0.5, 0.6) is 23.0 Å². The van der Waals surface area contributed by atoms with E-state index in [2.05, 4.69) is 27.7 Å². The summed E-state index contributed by atoms with van der Waals surface area (Å²) < 4.78 is 118. The van der Waals surface area contributed by atoms with Gasteiger partial charge in [-0.3, -0.25) is 0 Å². The van der Waals surface area contributed by atoms with Crippen molar-refractivity contribution in [2.45, 2.75) is 299 Å². The van der Waals surface area contributed by atoms with Crippen LogP contribution in [0.1, 0.15) is 285 Å². The quantitative estimate of drug-likeness (QED) is 0.0395. The summed E-state index contributed by atoms with van der Waals surface area (Å²) in [5.41, 5.74) is 0. The highest BCUT2D eigenvalue weighted by Crippen LogP contribution is 2.34. The van der Waals surface area contributed by atoms with Crippen molar-refractivity contribution in [2.24, 2.45) is 0 Å². The molecule has 1 aliphatic heterocycles. The van der Waals surface area contributed by atoms with E-state index in [1.54, 1.807) is 103 Å². The Labute approximate surface area is 574 Å². The van der Waals surface area contributed by atoms with Gasteiger partial charge in [-0.05, 0) is 62.1 Å². The zero-order valence-electron chi connectivity index (χ0n) is 59.3. The van der Waals surface area contributed by atoms with Gasteiger partial charge in [0.2, 0.25) is 30.1 Å². The smallest absolute Gasteiger partial charge is 0.243 e. The molecule has 1 heterocycles. The fourth-order valence-electron chi connectivity index (χ4n) is 11.9. The molecule has 1 aliphatic rings. The number of benzene rings is 3. The first-order valence-corrected chi connectivity index (χ1v) is 42.0. The van der Waals surface area contributed by atoms with E-state index in [-0.39, 0.29) is 54.0 Å². The molecule has 0 saturated carbocycles. The van der Waals surface area contributed by atoms with Crippen LogP contribution in [0.25, 0.3) is 0 Å². The maximum Gasteiger partial charge on any atom is 0.243 e. The van der Waals surface area contributed by atoms with Gasteiger partial charge >= 0.3 is 0 Å². The molecule has 0 N–H and O–H groups in total. The topological polar surface area (TPSA) is 149 Å². The van der Waals surface area contributed by atoms with Crippen molar-refractivity contribution >= 4 is 30.1 Å². The van der Waals surface area contributed by atoms with E-state index >= 15 is 16.8 Å². The van der Waals surface area contributed by atoms with Crippen molar-refractivity contribution in [3.63, 3.8) is 0 Å². The molecule has 0 amide bonds. The van der Waals surface area contributed by atoms with Crippen molar-refractivity contribution < 1.29 is 44.2 Å². The van der Waals surface area contributed by atoms with Crippen molar-refractivity contribution in [1.29, 1.82) is 0 Å². The highest BCUT2D eigenvalue weighted by molar-refractivity contribution is 7.89. The summed E-state index contributed by atoms with van der Waals surface area (Å²) in [6.45, 7) is 10.3. The largest absolute Gasteiger partial charge is 0.490 e. The van der Waals surface area contributed by atoms with Gasteiger partial charge in [0.15, 0.2) is 23.0 Å². The second-order valence-corrected chi connectivity index (χ2v) is 31.8. The second kappa shape index (κ2) is 52.0. The third-order valence-electron chi connectivity index (χ3n) is 17.9. The Morgan fingerprint density at radius 2 is 0.468 bits per heavy atom. The Kier molecular flexibility index (Phi) is 45.4. The summed E-state index contributed by atoms with van der Waals surface area (Å²) >= 11 is 0. The molecule has 0 aliphatic carbocycles. The highest BCUT2D eigenvalue weighted by atomic mass is 32.2. The Bertz CT molecular complexity index is 2670. The van der Waals surface area contributed by atoms with Gasteiger partial charge in [0.25, 0.3) is 0 Å². The maximum absolute atomic E-state index is 15.0. The molecule has 3 aromatic rings. The third kappa shape index (κ3) is 34.3. The summed E-state index contributed by atoms with van der Waals surface area (Å²) in [7, 11) is -12.5. The Morgan fingerprint density at radius 3 is 0.713 bits per heavy atom. The average Bonchev–Trinajstić information content (AvgIpc) is 0.850. The normalized spacial score (nSPS) is 15.3. The van der Waals surface area contributed by atoms with Crippen molar-refractivity contribution in [3.8, 4) is 23.0 Å². The minimum absolute atomic E-state index is 0.0281. The van der Waals surface area contributed by atoms with Gasteiger partial charge in [0, 0.05) is 51.4 Å². The van der Waals surface area contributed by atoms with Crippen LogP contribution in [0.4, 0.5) is 0 Å². The van der Waals surface area contributed by atoms with E-state index in [1.807, 2.05) is 0 Å². The first-order chi connectivity index (χ1) is 45.9. The molecule has 0 unspecified atom stereocenters. The van der Waals surface area contributed by atoms with E-state index in [0.717, 1.165) is 77.0 Å². The molecule has 16 heteroatoms. The Balaban J connectivity index is 1.60. The molecule has 3 aromatic carbocycles. The summed E-state index contributed by atoms with van der Waals surface area (Å²) in [6.07, 6.45) is 57.8. The lowest BCUT2D eigenvalue weighted by Crippen LogP contribution is -2.33. The summed E-state index contributed by atoms with van der Waals surface area (Å²) in [6, 6.07) is 17.8. The lowest BCUT2D eigenvalue weighted by molar-refractivity contribution is 0.257. The number of ether oxygens (including phenoxy) is 4. The van der Waals surface area contributed by atoms with Gasteiger partial charge < -0.3 is 18.9 Å². The van der Waals surface area contributed by atoms with Crippen LogP contribution in [-0.4, -0.2) is 104 Å². The van der Waals surface area contributed by atoms with E-state index < -0.39 is 30.1 Å². The molecule has 0 radical (unpaired) electrons. The van der Waals surface area contributed by atoms with Gasteiger partial charge in [-0.1, -0.05) is 313 Å². The van der Waals surface area contributed by atoms with Crippen LogP contribution in [0.3, 0.4) is 0 Å². The van der Waals surface area contributed by atoms with Gasteiger partial charge in [0.05, 0.1) is 41.1 Å². The minimum atomic E-state index is -4.24. The van der Waals surface area contributed by atoms with Crippen LogP contribution in [0.15, 0.2) is 118 Å². The van der Waals surface area contributed by atoms with Gasteiger partial charge in [-0.15, -0.1) is 0 Å². The number of sulfonamides is 3. The van der Waals surface area contributed by atoms with Crippen molar-refractivity contribution in [1.82, 2.24) is 12.9 Å². The minimum Gasteiger partial charge on any atom is -0.490 e. The van der Waals surface area contributed by atoms with Crippen LogP contribution in [0, 0.1) is 0 Å². The number of hydrogen-bond acceptors (Lipinski definition) is 10. The number of rotatable bonds is 54. The average molecular weight is 1370 g/mol. The van der Waals surface area contributed by atoms with Gasteiger partial charge in [0.1, 0.15) is 0 Å². The van der Waals surface area contributed by atoms with E-state index in [9.17, 15) is 8.42 Å². The first-order valence-electron chi connectivity index (χ1n) is 37.7. The fraction of sp³-hybridized carbons (Fsp3) is 0.692. The Hall–Kier alpha value is -4.19. The zero-order chi connectivity index (χ0) is 67.5.